The van der Waals surface area contributed by atoms with E-state index in [0.29, 0.717) is 82.9 Å². The summed E-state index contributed by atoms with van der Waals surface area (Å²) in [4.78, 5) is 122. The van der Waals surface area contributed by atoms with Crippen LogP contribution in [0.3, 0.4) is 0 Å². The minimum absolute atomic E-state index is 0. The number of aryl methyl sites for hydroxylation is 2. The molecule has 5 aromatic carbocycles. The predicted octanol–water partition coefficient (Wildman–Crippen LogP) is 17.2. The Kier molecular flexibility index (Phi) is 58.8. The van der Waals surface area contributed by atoms with E-state index in [1.165, 1.54) is 82.2 Å². The number of carboxylic acids is 2. The molecule has 0 unspecified atom stereocenters. The van der Waals surface area contributed by atoms with Crippen molar-refractivity contribution in [3.63, 3.8) is 0 Å². The first-order valence-corrected chi connectivity index (χ1v) is 50.8. The van der Waals surface area contributed by atoms with Gasteiger partial charge in [-0.05, 0) is 225 Å². The van der Waals surface area contributed by atoms with Crippen molar-refractivity contribution >= 4 is 86.4 Å². The summed E-state index contributed by atoms with van der Waals surface area (Å²) in [6, 6.07) is 39.2. The number of carboxylic acid groups (broad SMARTS) is 2. The van der Waals surface area contributed by atoms with Gasteiger partial charge in [-0.25, -0.2) is 33.9 Å². The summed E-state index contributed by atoms with van der Waals surface area (Å²) < 4.78 is 42.8. The van der Waals surface area contributed by atoms with Gasteiger partial charge in [0.15, 0.2) is 0 Å². The number of carbonyl (C=O) groups excluding carboxylic acids is 9. The number of rotatable bonds is 26. The maximum atomic E-state index is 12.7. The Balaban J connectivity index is 0.000000799. The number of imide groups is 1. The van der Waals surface area contributed by atoms with E-state index >= 15 is 0 Å². The van der Waals surface area contributed by atoms with Crippen LogP contribution in [0.5, 0.6) is 0 Å². The molecular weight excluding hydrogens is 1810 g/mol. The first-order chi connectivity index (χ1) is 65.9. The van der Waals surface area contributed by atoms with Gasteiger partial charge in [0.2, 0.25) is 0 Å². The summed E-state index contributed by atoms with van der Waals surface area (Å²) in [5, 5.41) is 44.5. The Hall–Kier alpha value is -10.9. The van der Waals surface area contributed by atoms with Crippen molar-refractivity contribution < 1.29 is 97.4 Å². The lowest BCUT2D eigenvalue weighted by Gasteiger charge is -2.34. The summed E-state index contributed by atoms with van der Waals surface area (Å²) in [6.07, 6.45) is 26.3. The van der Waals surface area contributed by atoms with Crippen molar-refractivity contribution in [2.45, 2.75) is 276 Å². The van der Waals surface area contributed by atoms with E-state index in [1.807, 2.05) is 151 Å². The van der Waals surface area contributed by atoms with E-state index in [2.05, 4.69) is 78.9 Å². The number of aromatic nitrogens is 1. The summed E-state index contributed by atoms with van der Waals surface area (Å²) in [5.74, 6) is -1.23. The minimum atomic E-state index is -2.67. The molecule has 1 aromatic heterocycles. The number of aliphatic hydroxyl groups excluding tert-OH is 1. The molecule has 3 aliphatic carbocycles. The third-order valence-corrected chi connectivity index (χ3v) is 25.5. The Labute approximate surface area is 832 Å². The number of amides is 4. The van der Waals surface area contributed by atoms with Crippen LogP contribution in [0.15, 0.2) is 174 Å². The van der Waals surface area contributed by atoms with E-state index in [9.17, 15) is 61.8 Å². The third-order valence-electron chi connectivity index (χ3n) is 24.1. The zero-order chi connectivity index (χ0) is 105. The number of carbonyl (C=O) groups is 9. The monoisotopic (exact) mass is 1970 g/mol. The van der Waals surface area contributed by atoms with Gasteiger partial charge in [0.05, 0.1) is 60.2 Å². The lowest BCUT2D eigenvalue weighted by atomic mass is 9.79. The van der Waals surface area contributed by atoms with Crippen LogP contribution in [0.2, 0.25) is 5.02 Å². The second-order valence-electron chi connectivity index (χ2n) is 36.3. The fourth-order valence-electron chi connectivity index (χ4n) is 15.4. The number of aliphatic carboxylic acids is 2. The molecular formula is C107H159ClN10O20S-2. The van der Waals surface area contributed by atoms with E-state index in [0.717, 1.165) is 103 Å². The summed E-state index contributed by atoms with van der Waals surface area (Å²) in [7, 11) is 2.84. The van der Waals surface area contributed by atoms with Crippen LogP contribution in [-0.2, 0) is 65.7 Å². The Morgan fingerprint density at radius 2 is 1.04 bits per heavy atom. The van der Waals surface area contributed by atoms with Crippen LogP contribution in [0.25, 0.3) is 0 Å². The van der Waals surface area contributed by atoms with Gasteiger partial charge < -0.3 is 70.0 Å². The summed E-state index contributed by atoms with van der Waals surface area (Å²) in [5.41, 5.74) is 23.0. The number of nitrogens with two attached hydrogens (primary N) is 1. The highest BCUT2D eigenvalue weighted by atomic mass is 35.5. The number of aliphatic imine (C=N–C) groups is 1. The molecule has 0 spiro atoms. The van der Waals surface area contributed by atoms with E-state index in [1.54, 1.807) is 83.4 Å². The van der Waals surface area contributed by atoms with Crippen LogP contribution in [0.4, 0.5) is 5.69 Å². The maximum absolute atomic E-state index is 12.7. The van der Waals surface area contributed by atoms with Gasteiger partial charge in [-0.2, -0.15) is 5.26 Å². The molecule has 1 saturated carbocycles. The van der Waals surface area contributed by atoms with Crippen molar-refractivity contribution in [2.24, 2.45) is 39.3 Å². The van der Waals surface area contributed by atoms with Gasteiger partial charge in [-0.15, -0.1) is 0 Å². The molecule has 32 heteroatoms. The van der Waals surface area contributed by atoms with E-state index in [4.69, 9.17) is 57.7 Å². The fraction of sp³-hybridized carbons (Fsp3) is 0.542. The lowest BCUT2D eigenvalue weighted by Crippen LogP contribution is -2.53. The van der Waals surface area contributed by atoms with Gasteiger partial charge >= 0.3 is 17.9 Å². The second-order valence-corrected chi connectivity index (χ2v) is 39.0. The summed E-state index contributed by atoms with van der Waals surface area (Å²) >= 11 is 5.56. The molecule has 2 fully saturated rings. The highest BCUT2D eigenvalue weighted by Gasteiger charge is 2.36. The molecule has 1 saturated heterocycles. The number of aliphatic hydroxyl groups is 1. The van der Waals surface area contributed by atoms with Crippen molar-refractivity contribution in [3.8, 4) is 0 Å². The third kappa shape index (κ3) is 44.6. The zero-order valence-electron chi connectivity index (χ0n) is 85.8. The number of esters is 2. The molecule has 3 aliphatic heterocycles. The van der Waals surface area contributed by atoms with Gasteiger partial charge in [0.25, 0.3) is 23.6 Å². The number of ether oxygens (including phenoxy) is 4. The highest BCUT2D eigenvalue weighted by molar-refractivity contribution is 7.90. The van der Waals surface area contributed by atoms with Crippen LogP contribution in [0.1, 0.15) is 282 Å². The van der Waals surface area contributed by atoms with Gasteiger partial charge in [-0.3, -0.25) is 38.9 Å². The van der Waals surface area contributed by atoms with Crippen LogP contribution < -0.4 is 31.5 Å². The Morgan fingerprint density at radius 3 is 1.44 bits per heavy atom. The van der Waals surface area contributed by atoms with Crippen molar-refractivity contribution in [1.82, 2.24) is 25.4 Å². The average Bonchev–Trinajstić information content (AvgIpc) is 1.70. The molecule has 139 heavy (non-hydrogen) atoms. The smallest absolute Gasteiger partial charge is 0.372 e. The molecule has 0 radical (unpaired) electrons. The number of hydrogen-bond donors (Lipinski definition) is 7. The van der Waals surface area contributed by atoms with Crippen LogP contribution >= 0.6 is 11.6 Å². The van der Waals surface area contributed by atoms with Crippen LogP contribution in [-0.4, -0.2) is 208 Å². The molecule has 4 amide bonds. The number of sulfone groups is 1. The van der Waals surface area contributed by atoms with Crippen LogP contribution in [0, 0.1) is 53.5 Å². The van der Waals surface area contributed by atoms with Gasteiger partial charge in [0.1, 0.15) is 9.84 Å². The number of hydrogen-bond acceptors (Lipinski definition) is 27. The normalized spacial score (nSPS) is 18.3. The number of amidine groups is 1. The molecule has 4 heterocycles. The number of halogens is 1. The average molecular weight is 1970 g/mol. The predicted molar refractivity (Wildman–Crippen MR) is 546 cm³/mol. The quantitative estimate of drug-likeness (QED) is 0.00662. The number of benzene rings is 5. The van der Waals surface area contributed by atoms with Crippen molar-refractivity contribution in [1.29, 1.82) is 11.1 Å². The molecule has 30 nitrogen and oxygen atoms in total. The molecule has 6 aromatic rings. The van der Waals surface area contributed by atoms with Gasteiger partial charge in [-0.1, -0.05) is 193 Å². The summed E-state index contributed by atoms with van der Waals surface area (Å²) in [6.45, 7) is 37.1. The highest BCUT2D eigenvalue weighted by Crippen LogP contribution is 2.35. The van der Waals surface area contributed by atoms with Gasteiger partial charge in [0, 0.05) is 159 Å². The second kappa shape index (κ2) is 65.9. The molecule has 12 rings (SSSR count). The first-order valence-electron chi connectivity index (χ1n) is 48.3. The van der Waals surface area contributed by atoms with E-state index < -0.39 is 38.6 Å². The zero-order valence-corrected chi connectivity index (χ0v) is 87.4. The molecule has 6 aliphatic rings. The molecule has 772 valence electrons. The van der Waals surface area contributed by atoms with Crippen molar-refractivity contribution in [3.05, 3.63) is 224 Å². The fourth-order valence-corrected chi connectivity index (χ4v) is 16.3. The maximum Gasteiger partial charge on any atom is 0.372 e. The molecule has 8 atom stereocenters. The number of nitrogens with zero attached hydrogens (tertiary/aromatic N) is 5. The Morgan fingerprint density at radius 1 is 0.612 bits per heavy atom. The SMILES string of the molecule is C1CCC2=NCCCN2CC1.CC(C)(Cc1ccccc1CC(C)(C)C(=O)[O-])C(=O)[O-].CCCS(C)(=O)=O.CCO.CCOC(=O)C1=C[C@@H](OC(CC)CC)[C@H](C)[C@@H](C)C1.CCOC(=O)C1=C[C@@H](OC(CC)CC)[C@H](C)[C@@H](N)C1.CN(C)c1ccncc1.CN1C(=O)c2ccccc2C1=O.Cc1ccccc1C(=O)N[C@@H]1CCCC[C@H]1NC(=O)c1ccccc1C.N=N.O=C(OO)c1cccc(Cl)c1.[HH]. The minimum Gasteiger partial charge on any atom is -0.550 e. The standard InChI is InChI=1S/C22H26N2O2.C16H22O4.C16H28O3.C15H27NO3.C9H16N2.C9H7NO2.C7H5ClO3.C7H10N2.C4H10O2S.C2H6O.H2N2.H2/c1-15-9-3-5-11-17(15)21(25)23-19-13-7-8-14-20(19)24-22(26)18-12-6-4-10-16(18)2;1-15(2,13(17)18)9-11-7-5-6-8-12(11)10-16(3,4)14(19)20;1-6-14(7-2)19-15-10-13(16(17)18-8-3)9-11(4)12(15)5;1-5-12(6-2)19-14-9-11(15(17)18-7-3)8-13(16)10(14)4;1-2-5-9-10-6-4-8-11(9)7-3-1;1-10-8(11)6-4-2-3-5-7(6)9(10)12;8-6-3-1-2-5(4-6)7(9)11-10;1-9(2)7-3-5-8-6-4-7;1-3-4-7(2,5)6;1-2-3;1-2;/h3-6,9-12,19-20H,7-8,13-14H2,1-2H3,(H,23,25)(H,24,26);5-8H,9-10H2,1-4H3,(H,17,18)(H,19,20);10-12,14-15H,6-9H2,1-5H3;9-10,12-14H,5-8,16H2,1-4H3;1-8H2;2-5H,1H3;1-4,10H;3-6H,1-2H3;3-4H2,1-2H3;3H,2H2,1H3;1-2H;1H/p-2/t19-,20-;;11-,12+,15+;10-,13+,14-;;;;;;;;/m1.01......../s1. The van der Waals surface area contributed by atoms with Crippen molar-refractivity contribution in [2.75, 3.05) is 77.5 Å². The number of nitrogens with one attached hydrogen (secondary N) is 4. The number of pyridine rings is 1. The lowest BCUT2D eigenvalue weighted by molar-refractivity contribution is -0.318. The largest absolute Gasteiger partial charge is 0.550 e. The number of fused-ring (bicyclic) bond motifs is 2. The topological polar surface area (TPSA) is 453 Å². The number of anilines is 1. The molecule has 8 N–H and O–H groups in total. The Bertz CT molecular complexity index is 4760. The molecule has 0 bridgehead atoms. The van der Waals surface area contributed by atoms with E-state index in [-0.39, 0.29) is 97.6 Å². The first kappa shape index (κ1) is 124.